The van der Waals surface area contributed by atoms with Gasteiger partial charge >= 0.3 is 18.1 Å². The van der Waals surface area contributed by atoms with E-state index in [9.17, 15) is 22.8 Å². The maximum atomic E-state index is 13.0. The smallest absolute Gasteiger partial charge is 0.416 e. The van der Waals surface area contributed by atoms with Crippen molar-refractivity contribution in [2.24, 2.45) is 17.3 Å². The quantitative estimate of drug-likeness (QED) is 0.322. The number of carbonyl (C=O) groups is 2. The van der Waals surface area contributed by atoms with E-state index in [-0.39, 0.29) is 16.5 Å². The van der Waals surface area contributed by atoms with Crippen LogP contribution in [0.25, 0.3) is 0 Å². The molecular formula is C23H24ClF3O4. The molecule has 0 aliphatic heterocycles. The number of terminal acetylenes is 1. The summed E-state index contributed by atoms with van der Waals surface area (Å²) in [7, 11) is 0. The largest absolute Gasteiger partial charge is 0.457 e. The number of halogens is 4. The van der Waals surface area contributed by atoms with Crippen molar-refractivity contribution in [3.05, 3.63) is 46.5 Å². The van der Waals surface area contributed by atoms with E-state index in [1.165, 1.54) is 6.08 Å². The lowest BCUT2D eigenvalue weighted by Gasteiger charge is -2.17. The maximum absolute atomic E-state index is 13.0. The van der Waals surface area contributed by atoms with Gasteiger partial charge in [-0.1, -0.05) is 37.4 Å². The van der Waals surface area contributed by atoms with Crippen LogP contribution in [-0.2, 0) is 25.2 Å². The maximum Gasteiger partial charge on any atom is 0.416 e. The lowest BCUT2D eigenvalue weighted by atomic mass is 10.1. The van der Waals surface area contributed by atoms with Crippen molar-refractivity contribution < 1.29 is 32.2 Å². The van der Waals surface area contributed by atoms with Gasteiger partial charge in [-0.3, -0.25) is 4.79 Å². The van der Waals surface area contributed by atoms with Gasteiger partial charge in [-0.25, -0.2) is 4.79 Å². The molecule has 1 aromatic carbocycles. The number of carbonyl (C=O) groups excluding carboxylic acids is 2. The summed E-state index contributed by atoms with van der Waals surface area (Å²) in [4.78, 5) is 24.6. The molecule has 1 fully saturated rings. The second-order valence-electron chi connectivity index (χ2n) is 8.94. The summed E-state index contributed by atoms with van der Waals surface area (Å²) in [5.74, 6) is 0.0246. The molecule has 2 rings (SSSR count). The fourth-order valence-corrected chi connectivity index (χ4v) is 3.52. The van der Waals surface area contributed by atoms with Crippen molar-refractivity contribution in [2.75, 3.05) is 0 Å². The lowest BCUT2D eigenvalue weighted by Crippen LogP contribution is -2.22. The summed E-state index contributed by atoms with van der Waals surface area (Å²) < 4.78 is 49.6. The number of hydrogen-bond donors (Lipinski definition) is 0. The van der Waals surface area contributed by atoms with Crippen LogP contribution < -0.4 is 0 Å². The zero-order valence-electron chi connectivity index (χ0n) is 17.8. The van der Waals surface area contributed by atoms with E-state index in [1.54, 1.807) is 26.8 Å². The highest BCUT2D eigenvalue weighted by Gasteiger charge is 2.61. The molecule has 0 heterocycles. The molecule has 0 spiro atoms. The molecule has 3 unspecified atom stereocenters. The molecule has 1 aliphatic rings. The van der Waals surface area contributed by atoms with Gasteiger partial charge in [0.2, 0.25) is 0 Å². The molecule has 0 saturated heterocycles. The third kappa shape index (κ3) is 6.04. The van der Waals surface area contributed by atoms with Gasteiger partial charge in [0.1, 0.15) is 5.60 Å². The van der Waals surface area contributed by atoms with Gasteiger partial charge in [-0.15, -0.1) is 6.42 Å². The van der Waals surface area contributed by atoms with Gasteiger partial charge in [0.25, 0.3) is 0 Å². The molecule has 1 aromatic rings. The summed E-state index contributed by atoms with van der Waals surface area (Å²) in [5.41, 5.74) is -2.24. The minimum absolute atomic E-state index is 0.0415. The number of ether oxygens (including phenoxy) is 2. The summed E-state index contributed by atoms with van der Waals surface area (Å²) >= 11 is 6.00. The van der Waals surface area contributed by atoms with E-state index >= 15 is 0 Å². The van der Waals surface area contributed by atoms with Gasteiger partial charge in [0.05, 0.1) is 11.5 Å². The van der Waals surface area contributed by atoms with Gasteiger partial charge in [0, 0.05) is 16.7 Å². The van der Waals surface area contributed by atoms with E-state index in [2.05, 4.69) is 5.92 Å². The third-order valence-corrected chi connectivity index (χ3v) is 5.35. The number of allylic oxidation sites excluding steroid dienone is 1. The molecule has 0 N–H and O–H groups in total. The zero-order chi connectivity index (χ0) is 23.8. The Balaban J connectivity index is 2.15. The molecule has 168 valence electrons. The first-order valence-electron chi connectivity index (χ1n) is 9.52. The summed E-state index contributed by atoms with van der Waals surface area (Å²) in [5, 5.41) is -0.0415. The average Bonchev–Trinajstić information content (AvgIpc) is 3.16. The number of rotatable bonds is 5. The lowest BCUT2D eigenvalue weighted by molar-refractivity contribution is -0.150. The Morgan fingerprint density at radius 3 is 2.39 bits per heavy atom. The summed E-state index contributed by atoms with van der Waals surface area (Å²) in [6.07, 6.45) is 2.27. The Morgan fingerprint density at radius 2 is 1.87 bits per heavy atom. The molecule has 4 nitrogen and oxygen atoms in total. The van der Waals surface area contributed by atoms with E-state index in [4.69, 9.17) is 27.5 Å². The minimum Gasteiger partial charge on any atom is -0.457 e. The van der Waals surface area contributed by atoms with E-state index in [0.29, 0.717) is 0 Å². The van der Waals surface area contributed by atoms with Gasteiger partial charge in [-0.2, -0.15) is 13.2 Å². The summed E-state index contributed by atoms with van der Waals surface area (Å²) in [6, 6.07) is 2.66. The molecule has 31 heavy (non-hydrogen) atoms. The van der Waals surface area contributed by atoms with Crippen LogP contribution in [0, 0.1) is 29.6 Å². The number of benzene rings is 1. The van der Waals surface area contributed by atoms with Crippen LogP contribution in [0.4, 0.5) is 13.2 Å². The average molecular weight is 457 g/mol. The van der Waals surface area contributed by atoms with Crippen LogP contribution in [0.2, 0.25) is 5.02 Å². The van der Waals surface area contributed by atoms with Crippen LogP contribution in [-0.4, -0.2) is 17.5 Å². The minimum atomic E-state index is -4.60. The highest BCUT2D eigenvalue weighted by Crippen LogP contribution is 2.59. The highest BCUT2D eigenvalue weighted by molar-refractivity contribution is 6.31. The first-order chi connectivity index (χ1) is 14.1. The Kier molecular flexibility index (Phi) is 6.87. The highest BCUT2D eigenvalue weighted by atomic mass is 35.5. The van der Waals surface area contributed by atoms with Crippen molar-refractivity contribution in [2.45, 2.75) is 52.5 Å². The standard InChI is InChI=1S/C23H24ClF3O4/c1-7-17(14-12-13(23(25,26)27)8-10-16(14)24)30-20(29)19-15(22(19,5)6)9-11-18(28)31-21(2,3)4/h1,8-12,15,17,19H,2-6H3. The van der Waals surface area contributed by atoms with Crippen molar-refractivity contribution in [3.63, 3.8) is 0 Å². The first-order valence-corrected chi connectivity index (χ1v) is 9.90. The van der Waals surface area contributed by atoms with Crippen LogP contribution in [0.3, 0.4) is 0 Å². The topological polar surface area (TPSA) is 52.6 Å². The summed E-state index contributed by atoms with van der Waals surface area (Å²) in [6.45, 7) is 8.83. The SMILES string of the molecule is C#CC(OC(=O)C1C(C=CC(=O)OC(C)(C)C)C1(C)C)c1cc(C(F)(F)F)ccc1Cl. The fraction of sp³-hybridized carbons (Fsp3) is 0.478. The van der Waals surface area contributed by atoms with Crippen LogP contribution in [0.15, 0.2) is 30.4 Å². The zero-order valence-corrected chi connectivity index (χ0v) is 18.6. The Bertz CT molecular complexity index is 936. The Hall–Kier alpha value is -2.46. The van der Waals surface area contributed by atoms with E-state index in [1.807, 2.05) is 13.8 Å². The van der Waals surface area contributed by atoms with E-state index in [0.717, 1.165) is 18.2 Å². The Labute approximate surface area is 184 Å². The molecule has 0 aromatic heterocycles. The fourth-order valence-electron chi connectivity index (χ4n) is 3.30. The normalized spacial score (nSPS) is 21.3. The van der Waals surface area contributed by atoms with Crippen molar-refractivity contribution >= 4 is 23.5 Å². The molecule has 0 amide bonds. The molecule has 0 bridgehead atoms. The van der Waals surface area contributed by atoms with Crippen LogP contribution in [0.5, 0.6) is 0 Å². The van der Waals surface area contributed by atoms with Gasteiger partial charge in [-0.05, 0) is 50.3 Å². The predicted molar refractivity (Wildman–Crippen MR) is 110 cm³/mol. The molecule has 1 aliphatic carbocycles. The molecule has 0 radical (unpaired) electrons. The second kappa shape index (κ2) is 8.58. The van der Waals surface area contributed by atoms with Gasteiger partial charge in [0.15, 0.2) is 6.10 Å². The van der Waals surface area contributed by atoms with Crippen LogP contribution in [0.1, 0.15) is 51.8 Å². The molecule has 1 saturated carbocycles. The number of alkyl halides is 3. The molecule has 3 atom stereocenters. The van der Waals surface area contributed by atoms with Crippen LogP contribution >= 0.6 is 11.6 Å². The Morgan fingerprint density at radius 1 is 1.26 bits per heavy atom. The van der Waals surface area contributed by atoms with Gasteiger partial charge < -0.3 is 9.47 Å². The predicted octanol–water partition coefficient (Wildman–Crippen LogP) is 5.75. The van der Waals surface area contributed by atoms with Crippen molar-refractivity contribution in [3.8, 4) is 12.3 Å². The first kappa shape index (κ1) is 24.8. The third-order valence-electron chi connectivity index (χ3n) is 5.00. The van der Waals surface area contributed by atoms with Crippen molar-refractivity contribution in [1.29, 1.82) is 0 Å². The van der Waals surface area contributed by atoms with E-state index < -0.39 is 46.7 Å². The monoisotopic (exact) mass is 456 g/mol. The molecular weight excluding hydrogens is 433 g/mol. The number of esters is 2. The number of hydrogen-bond acceptors (Lipinski definition) is 4. The van der Waals surface area contributed by atoms with Crippen molar-refractivity contribution in [1.82, 2.24) is 0 Å². The molecule has 8 heteroatoms. The second-order valence-corrected chi connectivity index (χ2v) is 9.34.